The number of hydrogen-bond acceptors (Lipinski definition) is 7. The Morgan fingerprint density at radius 2 is 1.94 bits per heavy atom. The normalized spacial score (nSPS) is 12.4. The molecule has 1 amide bonds. The number of carboxylic acid groups (broad SMARTS) is 1. The first-order valence-electron chi connectivity index (χ1n) is 9.58. The molecule has 0 saturated carbocycles. The topological polar surface area (TPSA) is 144 Å². The molecular weight excluding hydrogens is 442 g/mol. The lowest BCUT2D eigenvalue weighted by atomic mass is 10.1. The molecule has 1 aliphatic rings. The van der Waals surface area contributed by atoms with Crippen molar-refractivity contribution in [2.75, 3.05) is 6.54 Å². The summed E-state index contributed by atoms with van der Waals surface area (Å²) in [6, 6.07) is 3.30. The highest BCUT2D eigenvalue weighted by molar-refractivity contribution is 5.98. The minimum Gasteiger partial charge on any atom is -0.506 e. The number of carboxylic acids is 1. The number of halogens is 2. The maximum atomic E-state index is 13.5. The van der Waals surface area contributed by atoms with E-state index < -0.39 is 46.9 Å². The van der Waals surface area contributed by atoms with Gasteiger partial charge in [-0.2, -0.15) is 0 Å². The van der Waals surface area contributed by atoms with Crippen molar-refractivity contribution in [2.45, 2.75) is 19.8 Å². The summed E-state index contributed by atoms with van der Waals surface area (Å²) in [5.41, 5.74) is 0.0118. The van der Waals surface area contributed by atoms with Gasteiger partial charge in [-0.15, -0.1) is 0 Å². The van der Waals surface area contributed by atoms with E-state index in [4.69, 9.17) is 9.84 Å². The molecular formula is C21H16F2N4O6. The Morgan fingerprint density at radius 3 is 2.61 bits per heavy atom. The number of nitrogens with zero attached hydrogens (tertiary/aromatic N) is 3. The van der Waals surface area contributed by atoms with Crippen LogP contribution in [0.5, 0.6) is 5.75 Å². The Morgan fingerprint density at radius 1 is 1.15 bits per heavy atom. The van der Waals surface area contributed by atoms with Crippen LogP contribution >= 0.6 is 0 Å². The van der Waals surface area contributed by atoms with Gasteiger partial charge in [0.15, 0.2) is 11.6 Å². The lowest BCUT2D eigenvalue weighted by Crippen LogP contribution is -2.37. The predicted molar refractivity (Wildman–Crippen MR) is 107 cm³/mol. The number of nitrogens with one attached hydrogen (secondary N) is 1. The molecule has 0 atom stereocenters. The zero-order valence-electron chi connectivity index (χ0n) is 16.8. The second kappa shape index (κ2) is 8.74. The van der Waals surface area contributed by atoms with E-state index >= 15 is 0 Å². The first kappa shape index (κ1) is 22.0. The summed E-state index contributed by atoms with van der Waals surface area (Å²) >= 11 is 0. The van der Waals surface area contributed by atoms with Crippen molar-refractivity contribution in [3.8, 4) is 17.0 Å². The molecule has 4 rings (SSSR count). The number of fused-ring (bicyclic) bond motifs is 1. The van der Waals surface area contributed by atoms with Crippen LogP contribution < -0.4 is 10.9 Å². The van der Waals surface area contributed by atoms with Crippen molar-refractivity contribution >= 4 is 11.9 Å². The largest absolute Gasteiger partial charge is 0.506 e. The van der Waals surface area contributed by atoms with Gasteiger partial charge in [-0.1, -0.05) is 0 Å². The fourth-order valence-electron chi connectivity index (χ4n) is 3.39. The Balaban J connectivity index is 1.68. The second-order valence-electron chi connectivity index (χ2n) is 7.13. The predicted octanol–water partition coefficient (Wildman–Crippen LogP) is 1.18. The third-order valence-corrected chi connectivity index (χ3v) is 5.01. The van der Waals surface area contributed by atoms with E-state index in [2.05, 4.69) is 15.3 Å². The number of benzene rings is 1. The highest BCUT2D eigenvalue weighted by atomic mass is 19.2. The van der Waals surface area contributed by atoms with Crippen molar-refractivity contribution < 1.29 is 33.3 Å². The maximum Gasteiger partial charge on any atom is 0.322 e. The van der Waals surface area contributed by atoms with E-state index in [1.807, 2.05) is 0 Å². The highest BCUT2D eigenvalue weighted by Gasteiger charge is 2.29. The lowest BCUT2D eigenvalue weighted by Gasteiger charge is -2.15. The van der Waals surface area contributed by atoms with Crippen LogP contribution in [0.1, 0.15) is 27.3 Å². The minimum absolute atomic E-state index is 0.00945. The number of carbonyl (C=O) groups excluding carboxylic acids is 1. The summed E-state index contributed by atoms with van der Waals surface area (Å²) < 4.78 is 33.1. The van der Waals surface area contributed by atoms with Crippen LogP contribution in [-0.4, -0.2) is 43.2 Å². The van der Waals surface area contributed by atoms with E-state index in [1.165, 1.54) is 23.0 Å². The van der Waals surface area contributed by atoms with Gasteiger partial charge < -0.3 is 24.8 Å². The van der Waals surface area contributed by atoms with Gasteiger partial charge in [0, 0.05) is 11.1 Å². The third kappa shape index (κ3) is 4.28. The smallest absolute Gasteiger partial charge is 0.322 e. The Kier molecular flexibility index (Phi) is 5.84. The first-order valence-corrected chi connectivity index (χ1v) is 9.58. The summed E-state index contributed by atoms with van der Waals surface area (Å²) in [6.07, 6.45) is 2.66. The number of pyridine rings is 1. The molecule has 170 valence electrons. The molecule has 0 bridgehead atoms. The number of hydrogen-bond donors (Lipinski definition) is 3. The molecule has 0 saturated heterocycles. The van der Waals surface area contributed by atoms with Gasteiger partial charge >= 0.3 is 5.97 Å². The van der Waals surface area contributed by atoms with Crippen LogP contribution in [-0.2, 0) is 29.3 Å². The van der Waals surface area contributed by atoms with Crippen molar-refractivity contribution in [1.29, 1.82) is 0 Å². The summed E-state index contributed by atoms with van der Waals surface area (Å²) in [5, 5.41) is 21.2. The summed E-state index contributed by atoms with van der Waals surface area (Å²) in [6.45, 7) is -0.895. The van der Waals surface area contributed by atoms with Crippen LogP contribution in [0.15, 0.2) is 35.4 Å². The van der Waals surface area contributed by atoms with Gasteiger partial charge in [0.25, 0.3) is 11.5 Å². The molecule has 0 fully saturated rings. The minimum atomic E-state index is -1.32. The van der Waals surface area contributed by atoms with Gasteiger partial charge in [0.05, 0.1) is 49.2 Å². The first-order chi connectivity index (χ1) is 15.8. The number of aromatic nitrogens is 3. The summed E-state index contributed by atoms with van der Waals surface area (Å²) in [5.74, 6) is -4.94. The Hall–Kier alpha value is -4.19. The molecule has 12 heteroatoms. The lowest BCUT2D eigenvalue weighted by molar-refractivity contribution is -0.135. The monoisotopic (exact) mass is 458 g/mol. The molecule has 2 aromatic heterocycles. The Labute approximate surface area is 184 Å². The van der Waals surface area contributed by atoms with E-state index in [0.717, 1.165) is 12.1 Å². The van der Waals surface area contributed by atoms with Crippen LogP contribution in [0.2, 0.25) is 0 Å². The molecule has 10 nitrogen and oxygen atoms in total. The van der Waals surface area contributed by atoms with Gasteiger partial charge in [0.1, 0.15) is 17.9 Å². The van der Waals surface area contributed by atoms with Gasteiger partial charge in [-0.05, 0) is 18.2 Å². The molecule has 0 radical (unpaired) electrons. The van der Waals surface area contributed by atoms with Crippen molar-refractivity contribution in [3.63, 3.8) is 0 Å². The zero-order chi connectivity index (χ0) is 23.7. The molecule has 1 aliphatic heterocycles. The van der Waals surface area contributed by atoms with E-state index in [9.17, 15) is 28.3 Å². The third-order valence-electron chi connectivity index (χ3n) is 5.01. The van der Waals surface area contributed by atoms with Crippen LogP contribution in [0.4, 0.5) is 8.78 Å². The number of ether oxygens (including phenoxy) is 1. The van der Waals surface area contributed by atoms with E-state index in [1.54, 1.807) is 0 Å². The maximum absolute atomic E-state index is 13.5. The molecule has 3 N–H and O–H groups in total. The van der Waals surface area contributed by atoms with Gasteiger partial charge in [-0.25, -0.2) is 8.78 Å². The molecule has 1 aromatic carbocycles. The fraction of sp³-hybridized carbons (Fsp3) is 0.190. The number of aliphatic carboxylic acids is 1. The number of amides is 1. The van der Waals surface area contributed by atoms with E-state index in [-0.39, 0.29) is 31.0 Å². The van der Waals surface area contributed by atoms with Gasteiger partial charge in [0.2, 0.25) is 0 Å². The average molecular weight is 458 g/mol. The van der Waals surface area contributed by atoms with E-state index in [0.29, 0.717) is 17.0 Å². The second-order valence-corrected chi connectivity index (χ2v) is 7.13. The standard InChI is InChI=1S/C21H16F2N4O6/c22-13-2-1-10(3-14(13)23)15-5-24-11(4-25-15)7-27-16-9-33-8-12(16)19(30)18(21(27)32)20(31)26-6-17(28)29/h1-5,30H,6-9H2,(H,26,31)(H,28,29). The van der Waals surface area contributed by atoms with Crippen LogP contribution in [0.25, 0.3) is 11.3 Å². The number of rotatable bonds is 6. The van der Waals surface area contributed by atoms with Crippen LogP contribution in [0, 0.1) is 11.6 Å². The summed E-state index contributed by atoms with van der Waals surface area (Å²) in [4.78, 5) is 44.5. The zero-order valence-corrected chi connectivity index (χ0v) is 16.8. The van der Waals surface area contributed by atoms with Gasteiger partial charge in [-0.3, -0.25) is 24.4 Å². The average Bonchev–Trinajstić information content (AvgIpc) is 3.28. The quantitative estimate of drug-likeness (QED) is 0.500. The van der Waals surface area contributed by atoms with Crippen LogP contribution in [0.3, 0.4) is 0 Å². The number of aromatic hydroxyl groups is 1. The van der Waals surface area contributed by atoms with Crippen molar-refractivity contribution in [1.82, 2.24) is 19.9 Å². The Bertz CT molecular complexity index is 1320. The highest BCUT2D eigenvalue weighted by Crippen LogP contribution is 2.30. The summed E-state index contributed by atoms with van der Waals surface area (Å²) in [7, 11) is 0. The van der Waals surface area contributed by atoms with Crippen molar-refractivity contribution in [3.05, 3.63) is 75.1 Å². The SMILES string of the molecule is O=C(O)CNC(=O)c1c(O)c2c(n(Cc3cnc(-c4ccc(F)c(F)c4)cn3)c1=O)COC2. The van der Waals surface area contributed by atoms with Crippen molar-refractivity contribution in [2.24, 2.45) is 0 Å². The molecule has 3 heterocycles. The molecule has 0 unspecified atom stereocenters. The molecule has 0 spiro atoms. The molecule has 3 aromatic rings. The fourth-order valence-corrected chi connectivity index (χ4v) is 3.39. The number of carbonyl (C=O) groups is 2. The molecule has 0 aliphatic carbocycles. The molecule has 33 heavy (non-hydrogen) atoms.